The molecule has 0 bridgehead atoms. The van der Waals surface area contributed by atoms with Crippen LogP contribution in [0.3, 0.4) is 0 Å². The maximum Gasteiger partial charge on any atom is 0.255 e. The predicted molar refractivity (Wildman–Crippen MR) is 70.6 cm³/mol. The van der Waals surface area contributed by atoms with Crippen molar-refractivity contribution in [2.75, 3.05) is 0 Å². The molecule has 0 aliphatic carbocycles. The van der Waals surface area contributed by atoms with E-state index in [9.17, 15) is 4.79 Å². The molecule has 2 rings (SSSR count). The summed E-state index contributed by atoms with van der Waals surface area (Å²) in [7, 11) is 0. The molecule has 2 heterocycles. The molecule has 5 heteroatoms. The first-order valence-electron chi connectivity index (χ1n) is 6.14. The average molecular weight is 246 g/mol. The summed E-state index contributed by atoms with van der Waals surface area (Å²) in [5.41, 5.74) is 2.72. The van der Waals surface area contributed by atoms with Crippen LogP contribution in [-0.4, -0.2) is 26.9 Å². The smallest absolute Gasteiger partial charge is 0.255 e. The van der Waals surface area contributed by atoms with Crippen LogP contribution in [0.25, 0.3) is 11.2 Å². The van der Waals surface area contributed by atoms with Crippen LogP contribution in [-0.2, 0) is 0 Å². The van der Waals surface area contributed by atoms with Crippen LogP contribution in [0.2, 0.25) is 0 Å². The molecule has 5 nitrogen and oxygen atoms in total. The molecule has 2 N–H and O–H groups in total. The third-order valence-corrected chi connectivity index (χ3v) is 2.66. The number of aromatic nitrogens is 3. The van der Waals surface area contributed by atoms with Crippen LogP contribution in [0.1, 0.15) is 49.7 Å². The van der Waals surface area contributed by atoms with Gasteiger partial charge in [0.15, 0.2) is 5.65 Å². The van der Waals surface area contributed by atoms with Gasteiger partial charge in [-0.1, -0.05) is 13.8 Å². The van der Waals surface area contributed by atoms with Crippen molar-refractivity contribution in [1.82, 2.24) is 20.3 Å². The van der Waals surface area contributed by atoms with Crippen molar-refractivity contribution in [3.8, 4) is 0 Å². The Hall–Kier alpha value is -1.91. The molecule has 0 aliphatic heterocycles. The highest BCUT2D eigenvalue weighted by Gasteiger charge is 2.15. The fraction of sp³-hybridized carbons (Fsp3) is 0.462. The van der Waals surface area contributed by atoms with Gasteiger partial charge in [0.2, 0.25) is 0 Å². The van der Waals surface area contributed by atoms with Gasteiger partial charge in [0, 0.05) is 12.2 Å². The summed E-state index contributed by atoms with van der Waals surface area (Å²) in [5, 5.41) is 2.86. The third kappa shape index (κ3) is 2.34. The van der Waals surface area contributed by atoms with Gasteiger partial charge in [0.05, 0.1) is 17.5 Å². The maximum absolute atomic E-state index is 12.0. The number of H-pyrrole nitrogens is 1. The molecule has 0 fully saturated rings. The molecule has 0 aromatic carbocycles. The van der Waals surface area contributed by atoms with Crippen molar-refractivity contribution >= 4 is 17.1 Å². The van der Waals surface area contributed by atoms with Crippen LogP contribution in [0.15, 0.2) is 12.4 Å². The largest absolute Gasteiger partial charge is 0.350 e. The first-order valence-corrected chi connectivity index (χ1v) is 6.14. The molecule has 0 spiro atoms. The molecule has 0 aliphatic rings. The summed E-state index contributed by atoms with van der Waals surface area (Å²) >= 11 is 0. The van der Waals surface area contributed by atoms with Gasteiger partial charge in [-0.15, -0.1) is 0 Å². The molecule has 0 saturated carbocycles. The summed E-state index contributed by atoms with van der Waals surface area (Å²) in [6, 6.07) is 0.101. The standard InChI is InChI=1S/C13H18N4O/c1-7(2)10-6-15-12-11(17-10)9(5-14-12)13(18)16-8(3)4/h5-8H,1-4H3,(H,14,15)(H,16,18). The molecule has 0 unspecified atom stereocenters. The fourth-order valence-corrected chi connectivity index (χ4v) is 1.70. The van der Waals surface area contributed by atoms with Crippen LogP contribution in [0.4, 0.5) is 0 Å². The number of nitrogens with zero attached hydrogens (tertiary/aromatic N) is 2. The molecule has 2 aromatic rings. The minimum atomic E-state index is -0.119. The van der Waals surface area contributed by atoms with Gasteiger partial charge >= 0.3 is 0 Å². The topological polar surface area (TPSA) is 70.7 Å². The quantitative estimate of drug-likeness (QED) is 0.872. The molecule has 1 amide bonds. The van der Waals surface area contributed by atoms with Gasteiger partial charge in [-0.3, -0.25) is 4.79 Å². The lowest BCUT2D eigenvalue weighted by molar-refractivity contribution is 0.0944. The summed E-state index contributed by atoms with van der Waals surface area (Å²) in [4.78, 5) is 23.8. The summed E-state index contributed by atoms with van der Waals surface area (Å²) in [6.07, 6.45) is 3.40. The van der Waals surface area contributed by atoms with Crippen molar-refractivity contribution < 1.29 is 4.79 Å². The van der Waals surface area contributed by atoms with Gasteiger partial charge in [-0.05, 0) is 19.8 Å². The minimum absolute atomic E-state index is 0.101. The Morgan fingerprint density at radius 2 is 2.06 bits per heavy atom. The zero-order valence-corrected chi connectivity index (χ0v) is 11.1. The van der Waals surface area contributed by atoms with E-state index in [-0.39, 0.29) is 17.9 Å². The number of carbonyl (C=O) groups excluding carboxylic acids is 1. The molecule has 18 heavy (non-hydrogen) atoms. The Labute approximate surface area is 106 Å². The van der Waals surface area contributed by atoms with E-state index >= 15 is 0 Å². The highest BCUT2D eigenvalue weighted by molar-refractivity contribution is 6.04. The number of amides is 1. The molecule has 96 valence electrons. The van der Waals surface area contributed by atoms with E-state index in [4.69, 9.17) is 0 Å². The molecular formula is C13H18N4O. The van der Waals surface area contributed by atoms with E-state index in [2.05, 4.69) is 34.1 Å². The first kappa shape index (κ1) is 12.5. The van der Waals surface area contributed by atoms with Gasteiger partial charge in [0.25, 0.3) is 5.91 Å². The number of hydrogen-bond acceptors (Lipinski definition) is 3. The van der Waals surface area contributed by atoms with Gasteiger partial charge in [0.1, 0.15) is 5.52 Å². The monoisotopic (exact) mass is 246 g/mol. The van der Waals surface area contributed by atoms with Crippen LogP contribution in [0, 0.1) is 0 Å². The van der Waals surface area contributed by atoms with Crippen molar-refractivity contribution in [3.63, 3.8) is 0 Å². The Bertz CT molecular complexity index is 571. The number of fused-ring (bicyclic) bond motifs is 1. The second-order valence-electron chi connectivity index (χ2n) is 4.98. The zero-order valence-electron chi connectivity index (χ0n) is 11.1. The summed E-state index contributed by atoms with van der Waals surface area (Å²) in [5.74, 6) is 0.171. The van der Waals surface area contributed by atoms with Crippen molar-refractivity contribution in [2.45, 2.75) is 39.7 Å². The normalized spacial score (nSPS) is 11.4. The summed E-state index contributed by atoms with van der Waals surface area (Å²) < 4.78 is 0. The Balaban J connectivity index is 2.45. The molecule has 2 aromatic heterocycles. The third-order valence-electron chi connectivity index (χ3n) is 2.66. The Morgan fingerprint density at radius 3 is 2.67 bits per heavy atom. The van der Waals surface area contributed by atoms with Gasteiger partial charge in [-0.25, -0.2) is 9.97 Å². The summed E-state index contributed by atoms with van der Waals surface area (Å²) in [6.45, 7) is 7.96. The average Bonchev–Trinajstić information content (AvgIpc) is 2.70. The first-order chi connectivity index (χ1) is 8.49. The molecular weight excluding hydrogens is 228 g/mol. The van der Waals surface area contributed by atoms with Crippen LogP contribution >= 0.6 is 0 Å². The lowest BCUT2D eigenvalue weighted by Gasteiger charge is -2.07. The highest BCUT2D eigenvalue weighted by Crippen LogP contribution is 2.18. The van der Waals surface area contributed by atoms with E-state index in [1.165, 1.54) is 0 Å². The molecule has 0 radical (unpaired) electrons. The SMILES string of the molecule is CC(C)NC(=O)c1c[nH]c2ncc(C(C)C)nc12. The molecule has 0 saturated heterocycles. The number of rotatable bonds is 3. The predicted octanol–water partition coefficient (Wildman–Crippen LogP) is 2.22. The van der Waals surface area contributed by atoms with E-state index in [1.54, 1.807) is 12.4 Å². The Kier molecular flexibility index (Phi) is 3.32. The van der Waals surface area contributed by atoms with E-state index in [1.807, 2.05) is 13.8 Å². The van der Waals surface area contributed by atoms with Crippen LogP contribution < -0.4 is 5.32 Å². The number of carbonyl (C=O) groups is 1. The lowest BCUT2D eigenvalue weighted by atomic mass is 10.1. The van der Waals surface area contributed by atoms with Crippen molar-refractivity contribution in [2.24, 2.45) is 0 Å². The second-order valence-corrected chi connectivity index (χ2v) is 4.98. The highest BCUT2D eigenvalue weighted by atomic mass is 16.1. The van der Waals surface area contributed by atoms with E-state index in [0.29, 0.717) is 16.7 Å². The zero-order chi connectivity index (χ0) is 13.3. The molecule has 0 atom stereocenters. The van der Waals surface area contributed by atoms with Crippen molar-refractivity contribution in [3.05, 3.63) is 23.7 Å². The maximum atomic E-state index is 12.0. The van der Waals surface area contributed by atoms with Gasteiger partial charge in [-0.2, -0.15) is 0 Å². The van der Waals surface area contributed by atoms with E-state index < -0.39 is 0 Å². The second kappa shape index (κ2) is 4.76. The number of hydrogen-bond donors (Lipinski definition) is 2. The van der Waals surface area contributed by atoms with Crippen molar-refractivity contribution in [1.29, 1.82) is 0 Å². The minimum Gasteiger partial charge on any atom is -0.350 e. The van der Waals surface area contributed by atoms with Gasteiger partial charge < -0.3 is 10.3 Å². The lowest BCUT2D eigenvalue weighted by Crippen LogP contribution is -2.30. The fourth-order valence-electron chi connectivity index (χ4n) is 1.70. The van der Waals surface area contributed by atoms with Crippen LogP contribution in [0.5, 0.6) is 0 Å². The van der Waals surface area contributed by atoms with E-state index in [0.717, 1.165) is 5.69 Å². The number of nitrogens with one attached hydrogen (secondary N) is 2. The number of aromatic amines is 1. The Morgan fingerprint density at radius 1 is 1.33 bits per heavy atom.